The lowest BCUT2D eigenvalue weighted by Crippen LogP contribution is -2.46. The third kappa shape index (κ3) is 5.90. The van der Waals surface area contributed by atoms with Crippen LogP contribution in [-0.4, -0.2) is 94.7 Å². The van der Waals surface area contributed by atoms with Gasteiger partial charge in [0.1, 0.15) is 24.5 Å². The van der Waals surface area contributed by atoms with Gasteiger partial charge in [-0.1, -0.05) is 11.6 Å². The minimum Gasteiger partial charge on any atom is -0.492 e. The maximum atomic E-state index is 11.7. The van der Waals surface area contributed by atoms with E-state index in [1.165, 1.54) is 6.33 Å². The molecule has 2 aliphatic heterocycles. The van der Waals surface area contributed by atoms with Crippen LogP contribution in [0.4, 0.5) is 5.82 Å². The van der Waals surface area contributed by atoms with Crippen molar-refractivity contribution in [1.82, 2.24) is 34.7 Å². The number of halogens is 1. The molecule has 5 heterocycles. The van der Waals surface area contributed by atoms with E-state index >= 15 is 0 Å². The molecule has 0 aliphatic carbocycles. The average Bonchev–Trinajstić information content (AvgIpc) is 3.27. The minimum absolute atomic E-state index is 0.0706. The largest absolute Gasteiger partial charge is 0.492 e. The van der Waals surface area contributed by atoms with Crippen LogP contribution in [0.1, 0.15) is 11.3 Å². The van der Waals surface area contributed by atoms with Gasteiger partial charge in [0.25, 0.3) is 0 Å². The molecule has 11 nitrogen and oxygen atoms in total. The average molecular weight is 583 g/mol. The molecule has 2 fully saturated rings. The van der Waals surface area contributed by atoms with Gasteiger partial charge < -0.3 is 19.9 Å². The van der Waals surface area contributed by atoms with Crippen LogP contribution in [0.3, 0.4) is 0 Å². The van der Waals surface area contributed by atoms with Gasteiger partial charge >= 0.3 is 0 Å². The number of nitrogens with zero attached hydrogens (tertiary/aromatic N) is 6. The Morgan fingerprint density at radius 2 is 1.95 bits per heavy atom. The van der Waals surface area contributed by atoms with Crippen LogP contribution in [0.2, 0.25) is 5.02 Å². The number of nitrogens with one attached hydrogen (secondary N) is 2. The molecule has 2 saturated heterocycles. The van der Waals surface area contributed by atoms with Crippen LogP contribution in [0.5, 0.6) is 5.75 Å². The SMILES string of the molecule is Cc1ccnc(Cn2c(-c3ccc(OCCN4CCNCC4)cc3Cl)nc3c(NC4CS(=O)(=O)C4)ncnc32)c1. The lowest BCUT2D eigenvalue weighted by atomic mass is 10.2. The zero-order valence-corrected chi connectivity index (χ0v) is 23.7. The maximum absolute atomic E-state index is 11.7. The van der Waals surface area contributed by atoms with Crippen LogP contribution in [0.25, 0.3) is 22.6 Å². The van der Waals surface area contributed by atoms with Crippen LogP contribution in [0.15, 0.2) is 42.9 Å². The molecule has 0 saturated carbocycles. The van der Waals surface area contributed by atoms with Crippen molar-refractivity contribution in [2.75, 3.05) is 56.2 Å². The molecule has 2 N–H and O–H groups in total. The molecule has 2 aliphatic rings. The minimum atomic E-state index is -2.99. The van der Waals surface area contributed by atoms with Gasteiger partial charge in [-0.3, -0.25) is 9.88 Å². The van der Waals surface area contributed by atoms with Gasteiger partial charge in [-0.2, -0.15) is 0 Å². The van der Waals surface area contributed by atoms with Gasteiger partial charge in [-0.25, -0.2) is 23.4 Å². The van der Waals surface area contributed by atoms with E-state index in [9.17, 15) is 8.42 Å². The predicted molar refractivity (Wildman–Crippen MR) is 155 cm³/mol. The second-order valence-electron chi connectivity index (χ2n) is 10.2. The standard InChI is InChI=1S/C27H31ClN8O3S/c1-18-4-5-30-19(12-18)14-36-26(34-24-25(31-17-32-27(24)36)33-20-15-40(37,38)16-20)22-3-2-21(13-23(22)28)39-11-10-35-8-6-29-7-9-35/h2-5,12-13,17,20,29H,6-11,14-16H2,1H3,(H,31,32,33). The maximum Gasteiger partial charge on any atom is 0.166 e. The highest BCUT2D eigenvalue weighted by Crippen LogP contribution is 2.34. The number of aryl methyl sites for hydroxylation is 1. The summed E-state index contributed by atoms with van der Waals surface area (Å²) in [6, 6.07) is 9.38. The molecular formula is C27H31ClN8O3S. The summed E-state index contributed by atoms with van der Waals surface area (Å²) in [6.07, 6.45) is 3.24. The first-order valence-electron chi connectivity index (χ1n) is 13.3. The summed E-state index contributed by atoms with van der Waals surface area (Å²) in [6.45, 7) is 7.91. The number of sulfone groups is 1. The first kappa shape index (κ1) is 26.9. The second-order valence-corrected chi connectivity index (χ2v) is 12.8. The molecule has 13 heteroatoms. The molecule has 0 unspecified atom stereocenters. The topological polar surface area (TPSA) is 127 Å². The van der Waals surface area contributed by atoms with Crippen LogP contribution in [-0.2, 0) is 16.4 Å². The normalized spacial score (nSPS) is 17.6. The van der Waals surface area contributed by atoms with E-state index in [1.54, 1.807) is 6.20 Å². The molecular weight excluding hydrogens is 552 g/mol. The van der Waals surface area contributed by atoms with Crippen molar-refractivity contribution in [2.45, 2.75) is 19.5 Å². The lowest BCUT2D eigenvalue weighted by molar-refractivity contribution is 0.191. The van der Waals surface area contributed by atoms with Crippen molar-refractivity contribution in [2.24, 2.45) is 0 Å². The number of benzene rings is 1. The smallest absolute Gasteiger partial charge is 0.166 e. The second kappa shape index (κ2) is 11.3. The van der Waals surface area contributed by atoms with E-state index in [4.69, 9.17) is 21.3 Å². The molecule has 0 spiro atoms. The summed E-state index contributed by atoms with van der Waals surface area (Å²) in [5, 5.41) is 7.09. The highest BCUT2D eigenvalue weighted by molar-refractivity contribution is 7.92. The van der Waals surface area contributed by atoms with Crippen molar-refractivity contribution < 1.29 is 13.2 Å². The molecule has 1 aromatic carbocycles. The first-order chi connectivity index (χ1) is 19.3. The van der Waals surface area contributed by atoms with Gasteiger partial charge in [-0.05, 0) is 42.8 Å². The van der Waals surface area contributed by atoms with Gasteiger partial charge in [-0.15, -0.1) is 0 Å². The zero-order chi connectivity index (χ0) is 27.7. The summed E-state index contributed by atoms with van der Waals surface area (Å²) in [4.78, 5) is 20.8. The fraction of sp³-hybridized carbons (Fsp3) is 0.407. The summed E-state index contributed by atoms with van der Waals surface area (Å²) in [5.74, 6) is 1.94. The number of anilines is 1. The predicted octanol–water partition coefficient (Wildman–Crippen LogP) is 2.39. The quantitative estimate of drug-likeness (QED) is 0.304. The Labute approximate surface area is 237 Å². The molecule has 6 rings (SSSR count). The molecule has 4 aromatic rings. The summed E-state index contributed by atoms with van der Waals surface area (Å²) in [7, 11) is -2.99. The fourth-order valence-electron chi connectivity index (χ4n) is 5.08. The lowest BCUT2D eigenvalue weighted by Gasteiger charge is -2.26. The Hall–Kier alpha value is -3.32. The summed E-state index contributed by atoms with van der Waals surface area (Å²) in [5.41, 5.74) is 3.81. The van der Waals surface area contributed by atoms with Gasteiger partial charge in [0.15, 0.2) is 26.8 Å². The molecule has 40 heavy (non-hydrogen) atoms. The van der Waals surface area contributed by atoms with E-state index in [-0.39, 0.29) is 17.5 Å². The Bertz CT molecular complexity index is 1630. The number of hydrogen-bond acceptors (Lipinski definition) is 10. The highest BCUT2D eigenvalue weighted by atomic mass is 35.5. The number of aromatic nitrogens is 5. The molecule has 3 aromatic heterocycles. The summed E-state index contributed by atoms with van der Waals surface area (Å²) < 4.78 is 31.4. The van der Waals surface area contributed by atoms with Crippen molar-refractivity contribution in [3.05, 3.63) is 59.1 Å². The molecule has 0 atom stereocenters. The van der Waals surface area contributed by atoms with E-state index < -0.39 is 9.84 Å². The number of piperazine rings is 1. The van der Waals surface area contributed by atoms with E-state index in [2.05, 4.69) is 30.5 Å². The number of hydrogen-bond donors (Lipinski definition) is 2. The Morgan fingerprint density at radius 3 is 2.70 bits per heavy atom. The first-order valence-corrected chi connectivity index (χ1v) is 15.5. The van der Waals surface area contributed by atoms with Crippen LogP contribution < -0.4 is 15.4 Å². The third-order valence-corrected chi connectivity index (χ3v) is 9.28. The Kier molecular flexibility index (Phi) is 7.58. The highest BCUT2D eigenvalue weighted by Gasteiger charge is 2.34. The molecule has 0 amide bonds. The third-order valence-electron chi connectivity index (χ3n) is 7.14. The van der Waals surface area contributed by atoms with E-state index in [0.29, 0.717) is 46.7 Å². The van der Waals surface area contributed by atoms with Gasteiger partial charge in [0.05, 0.1) is 34.8 Å². The van der Waals surface area contributed by atoms with E-state index in [0.717, 1.165) is 49.5 Å². The zero-order valence-electron chi connectivity index (χ0n) is 22.2. The number of fused-ring (bicyclic) bond motifs is 1. The van der Waals surface area contributed by atoms with Crippen molar-refractivity contribution in [3.8, 4) is 17.1 Å². The molecule has 0 radical (unpaired) electrons. The van der Waals surface area contributed by atoms with Crippen molar-refractivity contribution >= 4 is 38.4 Å². The monoisotopic (exact) mass is 582 g/mol. The number of ether oxygens (including phenoxy) is 1. The number of pyridine rings is 1. The van der Waals surface area contributed by atoms with Crippen molar-refractivity contribution in [1.29, 1.82) is 0 Å². The molecule has 210 valence electrons. The fourth-order valence-corrected chi connectivity index (χ4v) is 6.63. The van der Waals surface area contributed by atoms with E-state index in [1.807, 2.05) is 41.8 Å². The Morgan fingerprint density at radius 1 is 1.12 bits per heavy atom. The molecule has 0 bridgehead atoms. The summed E-state index contributed by atoms with van der Waals surface area (Å²) >= 11 is 6.82. The van der Waals surface area contributed by atoms with Gasteiger partial charge in [0, 0.05) is 44.5 Å². The Balaban J connectivity index is 1.31. The van der Waals surface area contributed by atoms with Crippen molar-refractivity contribution in [3.63, 3.8) is 0 Å². The number of imidazole rings is 1. The number of rotatable bonds is 9. The van der Waals surface area contributed by atoms with Crippen LogP contribution in [0, 0.1) is 6.92 Å². The van der Waals surface area contributed by atoms with Crippen LogP contribution >= 0.6 is 11.6 Å². The van der Waals surface area contributed by atoms with Gasteiger partial charge in [0.2, 0.25) is 0 Å².